The Morgan fingerprint density at radius 3 is 2.90 bits per heavy atom. The molecule has 0 aliphatic heterocycles. The third kappa shape index (κ3) is 3.95. The molecule has 2 aromatic heterocycles. The zero-order chi connectivity index (χ0) is 20.4. The molecule has 4 aromatic rings. The molecule has 1 amide bonds. The summed E-state index contributed by atoms with van der Waals surface area (Å²) in [5.41, 5.74) is 0.848. The number of ether oxygens (including phenoxy) is 1. The van der Waals surface area contributed by atoms with Crippen LogP contribution in [0.15, 0.2) is 64.1 Å². The highest BCUT2D eigenvalue weighted by atomic mass is 35.5. The van der Waals surface area contributed by atoms with Crippen LogP contribution in [0.5, 0.6) is 5.75 Å². The Kier molecular flexibility index (Phi) is 5.22. The predicted octanol–water partition coefficient (Wildman–Crippen LogP) is 3.33. The van der Waals surface area contributed by atoms with Crippen LogP contribution in [0.4, 0.5) is 0 Å². The second-order valence-electron chi connectivity index (χ2n) is 6.57. The number of nitrogens with zero attached hydrogens (tertiary/aromatic N) is 3. The Hall–Kier alpha value is -3.32. The lowest BCUT2D eigenvalue weighted by Gasteiger charge is -2.18. The summed E-state index contributed by atoms with van der Waals surface area (Å²) in [6.07, 6.45) is 1.38. The van der Waals surface area contributed by atoms with Gasteiger partial charge in [-0.15, -0.1) is 0 Å². The molecule has 0 spiro atoms. The maximum atomic E-state index is 12.7. The molecular weight excluding hydrogens is 394 g/mol. The van der Waals surface area contributed by atoms with Crippen LogP contribution >= 0.6 is 11.6 Å². The molecule has 0 atom stereocenters. The summed E-state index contributed by atoms with van der Waals surface area (Å²) in [5, 5.41) is 1.35. The largest absolute Gasteiger partial charge is 0.492 e. The third-order valence-corrected chi connectivity index (χ3v) is 4.81. The molecule has 148 valence electrons. The van der Waals surface area contributed by atoms with Gasteiger partial charge in [-0.25, -0.2) is 4.98 Å². The predicted molar refractivity (Wildman–Crippen MR) is 110 cm³/mol. The van der Waals surface area contributed by atoms with Crippen molar-refractivity contribution < 1.29 is 13.9 Å². The van der Waals surface area contributed by atoms with Gasteiger partial charge in [0.15, 0.2) is 0 Å². The Morgan fingerprint density at radius 2 is 2.07 bits per heavy atom. The Labute approximate surface area is 171 Å². The van der Waals surface area contributed by atoms with Crippen LogP contribution < -0.4 is 10.3 Å². The van der Waals surface area contributed by atoms with Crippen molar-refractivity contribution in [1.29, 1.82) is 0 Å². The lowest BCUT2D eigenvalue weighted by Crippen LogP contribution is -2.36. The fourth-order valence-electron chi connectivity index (χ4n) is 2.98. The van der Waals surface area contributed by atoms with Gasteiger partial charge in [0.05, 0.1) is 12.9 Å². The number of aromatic nitrogens is 2. The molecule has 0 aliphatic carbocycles. The standard InChI is InChI=1S/C21H18ClN3O4/c1-24(9-10-28-15-6-4-5-14(22)11-15)18(26)12-25-13-23-19-16-7-2-3-8-17(16)29-20(19)21(25)27/h2-8,11,13H,9-10,12H2,1H3. The Morgan fingerprint density at radius 1 is 1.24 bits per heavy atom. The summed E-state index contributed by atoms with van der Waals surface area (Å²) >= 11 is 5.92. The van der Waals surface area contributed by atoms with Gasteiger partial charge in [0.2, 0.25) is 11.5 Å². The summed E-state index contributed by atoms with van der Waals surface area (Å²) in [6.45, 7) is 0.533. The van der Waals surface area contributed by atoms with Crippen molar-refractivity contribution in [1.82, 2.24) is 14.5 Å². The van der Waals surface area contributed by atoms with Gasteiger partial charge in [-0.05, 0) is 30.3 Å². The molecule has 29 heavy (non-hydrogen) atoms. The fourth-order valence-corrected chi connectivity index (χ4v) is 3.16. The highest BCUT2D eigenvalue weighted by molar-refractivity contribution is 6.30. The van der Waals surface area contributed by atoms with Crippen LogP contribution in [0.1, 0.15) is 0 Å². The molecule has 8 heteroatoms. The van der Waals surface area contributed by atoms with E-state index in [9.17, 15) is 9.59 Å². The van der Waals surface area contributed by atoms with Gasteiger partial charge in [0.1, 0.15) is 30.0 Å². The number of hydrogen-bond acceptors (Lipinski definition) is 5. The van der Waals surface area contributed by atoms with Crippen molar-refractivity contribution in [2.75, 3.05) is 20.2 Å². The molecule has 0 unspecified atom stereocenters. The van der Waals surface area contributed by atoms with Crippen molar-refractivity contribution in [3.05, 3.63) is 70.2 Å². The summed E-state index contributed by atoms with van der Waals surface area (Å²) in [7, 11) is 1.65. The number of fused-ring (bicyclic) bond motifs is 3. The number of carbonyl (C=O) groups is 1. The van der Waals surface area contributed by atoms with Gasteiger partial charge in [0.25, 0.3) is 5.56 Å². The van der Waals surface area contributed by atoms with Crippen LogP contribution in [-0.4, -0.2) is 40.6 Å². The number of benzene rings is 2. The van der Waals surface area contributed by atoms with E-state index in [-0.39, 0.29) is 23.6 Å². The number of para-hydroxylation sites is 1. The number of carbonyl (C=O) groups excluding carboxylic acids is 1. The van der Waals surface area contributed by atoms with Gasteiger partial charge in [-0.2, -0.15) is 0 Å². The average molecular weight is 412 g/mol. The Bertz CT molecular complexity index is 1250. The van der Waals surface area contributed by atoms with Crippen LogP contribution in [0, 0.1) is 0 Å². The van der Waals surface area contributed by atoms with Crippen LogP contribution in [-0.2, 0) is 11.3 Å². The van der Waals surface area contributed by atoms with Crippen LogP contribution in [0.2, 0.25) is 5.02 Å². The molecule has 0 aliphatic rings. The lowest BCUT2D eigenvalue weighted by atomic mass is 10.2. The minimum atomic E-state index is -0.386. The minimum absolute atomic E-state index is 0.132. The number of furan rings is 1. The summed E-state index contributed by atoms with van der Waals surface area (Å²) in [4.78, 5) is 31.0. The smallest absolute Gasteiger partial charge is 0.297 e. The zero-order valence-corrected chi connectivity index (χ0v) is 16.4. The molecule has 0 saturated heterocycles. The van der Waals surface area contributed by atoms with E-state index in [1.54, 1.807) is 37.4 Å². The summed E-state index contributed by atoms with van der Waals surface area (Å²) in [6, 6.07) is 14.4. The molecule has 2 heterocycles. The van der Waals surface area contributed by atoms with Crippen molar-refractivity contribution in [2.24, 2.45) is 0 Å². The van der Waals surface area contributed by atoms with E-state index in [1.165, 1.54) is 15.8 Å². The van der Waals surface area contributed by atoms with E-state index in [1.807, 2.05) is 18.2 Å². The second-order valence-corrected chi connectivity index (χ2v) is 7.01. The average Bonchev–Trinajstić information content (AvgIpc) is 3.09. The monoisotopic (exact) mass is 411 g/mol. The van der Waals surface area contributed by atoms with Crippen molar-refractivity contribution in [3.8, 4) is 5.75 Å². The number of rotatable bonds is 6. The van der Waals surface area contributed by atoms with E-state index in [0.717, 1.165) is 5.39 Å². The number of likely N-dealkylation sites (N-methyl/N-ethyl adjacent to an activating group) is 1. The fraction of sp³-hybridized carbons (Fsp3) is 0.190. The molecule has 0 radical (unpaired) electrons. The van der Waals surface area contributed by atoms with Crippen LogP contribution in [0.25, 0.3) is 22.1 Å². The van der Waals surface area contributed by atoms with E-state index >= 15 is 0 Å². The Balaban J connectivity index is 1.43. The number of halogens is 1. The maximum absolute atomic E-state index is 12.7. The van der Waals surface area contributed by atoms with Crippen molar-refractivity contribution >= 4 is 39.6 Å². The second kappa shape index (κ2) is 7.97. The lowest BCUT2D eigenvalue weighted by molar-refractivity contribution is -0.130. The minimum Gasteiger partial charge on any atom is -0.492 e. The van der Waals surface area contributed by atoms with Gasteiger partial charge < -0.3 is 14.1 Å². The highest BCUT2D eigenvalue weighted by Crippen LogP contribution is 2.24. The number of hydrogen-bond donors (Lipinski definition) is 0. The molecule has 2 aromatic carbocycles. The van der Waals surface area contributed by atoms with E-state index in [2.05, 4.69) is 4.98 Å². The molecule has 0 N–H and O–H groups in total. The van der Waals surface area contributed by atoms with Crippen molar-refractivity contribution in [3.63, 3.8) is 0 Å². The van der Waals surface area contributed by atoms with Gasteiger partial charge in [-0.3, -0.25) is 14.2 Å². The van der Waals surface area contributed by atoms with E-state index < -0.39 is 0 Å². The first-order chi connectivity index (χ1) is 14.0. The molecule has 0 saturated carbocycles. The molecule has 7 nitrogen and oxygen atoms in total. The van der Waals surface area contributed by atoms with Gasteiger partial charge >= 0.3 is 0 Å². The molecule has 0 bridgehead atoms. The third-order valence-electron chi connectivity index (χ3n) is 4.57. The van der Waals surface area contributed by atoms with E-state index in [4.69, 9.17) is 20.8 Å². The first kappa shape index (κ1) is 19.0. The maximum Gasteiger partial charge on any atom is 0.297 e. The van der Waals surface area contributed by atoms with Crippen molar-refractivity contribution in [2.45, 2.75) is 6.54 Å². The zero-order valence-electron chi connectivity index (χ0n) is 15.7. The SMILES string of the molecule is CN(CCOc1cccc(Cl)c1)C(=O)Cn1cnc2c(oc3ccccc32)c1=O. The summed E-state index contributed by atoms with van der Waals surface area (Å²) < 4.78 is 12.5. The van der Waals surface area contributed by atoms with Crippen LogP contribution in [0.3, 0.4) is 0 Å². The normalized spacial score (nSPS) is 11.1. The first-order valence-corrected chi connectivity index (χ1v) is 9.40. The first-order valence-electron chi connectivity index (χ1n) is 9.02. The molecule has 4 rings (SSSR count). The topological polar surface area (TPSA) is 77.6 Å². The quantitative estimate of drug-likeness (QED) is 0.486. The van der Waals surface area contributed by atoms with Gasteiger partial charge in [-0.1, -0.05) is 29.8 Å². The summed E-state index contributed by atoms with van der Waals surface area (Å²) in [5.74, 6) is 0.396. The van der Waals surface area contributed by atoms with Gasteiger partial charge in [0, 0.05) is 17.5 Å². The highest BCUT2D eigenvalue weighted by Gasteiger charge is 2.16. The number of amides is 1. The van der Waals surface area contributed by atoms with E-state index in [0.29, 0.717) is 35.0 Å². The molecule has 0 fully saturated rings. The molecular formula is C21H18ClN3O4.